The fourth-order valence-corrected chi connectivity index (χ4v) is 3.96. The molecule has 130 valence electrons. The predicted molar refractivity (Wildman–Crippen MR) is 88.3 cm³/mol. The normalized spacial score (nSPS) is 20.8. The number of rotatable bonds is 4. The summed E-state index contributed by atoms with van der Waals surface area (Å²) < 4.78 is 0. The number of ketones is 1. The maximum atomic E-state index is 12.9. The second kappa shape index (κ2) is 6.79. The van der Waals surface area contributed by atoms with Gasteiger partial charge in [-0.2, -0.15) is 0 Å². The maximum Gasteiger partial charge on any atom is 0.303 e. The van der Waals surface area contributed by atoms with Crippen molar-refractivity contribution in [2.75, 3.05) is 13.1 Å². The molecular weight excluding hydrogens is 308 g/mol. The Morgan fingerprint density at radius 2 is 2.08 bits per heavy atom. The van der Waals surface area contributed by atoms with Gasteiger partial charge in [0.05, 0.1) is 0 Å². The number of aromatic amines is 1. The topological polar surface area (TPSA) is 90.5 Å². The first-order valence-electron chi connectivity index (χ1n) is 8.73. The number of nitrogens with zero attached hydrogens (tertiary/aromatic N) is 1. The highest BCUT2D eigenvalue weighted by molar-refractivity contribution is 6.04. The molecule has 0 saturated carbocycles. The van der Waals surface area contributed by atoms with E-state index < -0.39 is 5.97 Å². The highest BCUT2D eigenvalue weighted by Gasteiger charge is 2.30. The molecule has 1 aromatic heterocycles. The van der Waals surface area contributed by atoms with Gasteiger partial charge in [-0.3, -0.25) is 14.4 Å². The highest BCUT2D eigenvalue weighted by atomic mass is 16.4. The van der Waals surface area contributed by atoms with Crippen LogP contribution in [0, 0.1) is 12.8 Å². The Kier molecular flexibility index (Phi) is 4.73. The molecule has 6 nitrogen and oxygen atoms in total. The molecule has 0 bridgehead atoms. The minimum atomic E-state index is -0.787. The number of carboxylic acid groups (broad SMARTS) is 1. The number of hydrogen-bond acceptors (Lipinski definition) is 3. The molecule has 24 heavy (non-hydrogen) atoms. The van der Waals surface area contributed by atoms with Gasteiger partial charge in [0, 0.05) is 37.2 Å². The Hall–Kier alpha value is -2.11. The molecule has 1 fully saturated rings. The quantitative estimate of drug-likeness (QED) is 0.886. The number of nitrogens with one attached hydrogen (secondary N) is 1. The third-order valence-electron chi connectivity index (χ3n) is 5.22. The van der Waals surface area contributed by atoms with E-state index >= 15 is 0 Å². The average molecular weight is 332 g/mol. The summed E-state index contributed by atoms with van der Waals surface area (Å²) in [5.74, 6) is -0.480. The van der Waals surface area contributed by atoms with E-state index in [9.17, 15) is 14.4 Å². The second-order valence-electron chi connectivity index (χ2n) is 6.95. The van der Waals surface area contributed by atoms with Crippen LogP contribution in [0.5, 0.6) is 0 Å². The number of aryl methyl sites for hydroxylation is 1. The first-order valence-corrected chi connectivity index (χ1v) is 8.73. The summed E-state index contributed by atoms with van der Waals surface area (Å²) in [7, 11) is 0. The monoisotopic (exact) mass is 332 g/mol. The summed E-state index contributed by atoms with van der Waals surface area (Å²) in [6.45, 7) is 3.14. The Bertz CT molecular complexity index is 677. The van der Waals surface area contributed by atoms with Gasteiger partial charge < -0.3 is 15.0 Å². The molecule has 3 rings (SSSR count). The van der Waals surface area contributed by atoms with Gasteiger partial charge in [0.1, 0.15) is 5.69 Å². The van der Waals surface area contributed by atoms with Gasteiger partial charge in [-0.25, -0.2) is 0 Å². The molecule has 1 atom stereocenters. The van der Waals surface area contributed by atoms with E-state index in [-0.39, 0.29) is 24.0 Å². The zero-order valence-electron chi connectivity index (χ0n) is 14.1. The zero-order chi connectivity index (χ0) is 17.3. The van der Waals surface area contributed by atoms with Crippen LogP contribution >= 0.6 is 0 Å². The third-order valence-corrected chi connectivity index (χ3v) is 5.22. The van der Waals surface area contributed by atoms with Crippen molar-refractivity contribution in [1.82, 2.24) is 9.88 Å². The van der Waals surface area contributed by atoms with E-state index in [4.69, 9.17) is 5.11 Å². The molecule has 0 aromatic carbocycles. The van der Waals surface area contributed by atoms with Crippen molar-refractivity contribution in [3.63, 3.8) is 0 Å². The van der Waals surface area contributed by atoms with E-state index in [0.29, 0.717) is 37.2 Å². The minimum absolute atomic E-state index is 0.0604. The number of amides is 1. The number of carboxylic acids is 1. The lowest BCUT2D eigenvalue weighted by Crippen LogP contribution is -2.40. The number of Topliss-reactive ketones (excluding diaryl/α,β-unsaturated/α-hetero) is 1. The first kappa shape index (κ1) is 16.7. The van der Waals surface area contributed by atoms with Gasteiger partial charge in [-0.15, -0.1) is 0 Å². The van der Waals surface area contributed by atoms with Crippen LogP contribution < -0.4 is 0 Å². The van der Waals surface area contributed by atoms with Crippen LogP contribution in [-0.4, -0.2) is 45.7 Å². The van der Waals surface area contributed by atoms with Gasteiger partial charge in [0.25, 0.3) is 5.91 Å². The Labute approximate surface area is 141 Å². The number of carbonyl (C=O) groups is 3. The van der Waals surface area contributed by atoms with Crippen LogP contribution in [0.25, 0.3) is 0 Å². The average Bonchev–Trinajstić information content (AvgIpc) is 2.91. The number of aromatic nitrogens is 1. The lowest BCUT2D eigenvalue weighted by atomic mass is 9.92. The summed E-state index contributed by atoms with van der Waals surface area (Å²) >= 11 is 0. The summed E-state index contributed by atoms with van der Waals surface area (Å²) in [6, 6.07) is 0. The fourth-order valence-electron chi connectivity index (χ4n) is 3.96. The third kappa shape index (κ3) is 3.23. The number of likely N-dealkylation sites (tertiary alicyclic amines) is 1. The minimum Gasteiger partial charge on any atom is -0.481 e. The van der Waals surface area contributed by atoms with Crippen LogP contribution in [0.1, 0.15) is 70.6 Å². The van der Waals surface area contributed by atoms with Crippen LogP contribution in [0.3, 0.4) is 0 Å². The van der Waals surface area contributed by atoms with Crippen LogP contribution in [-0.2, 0) is 11.2 Å². The summed E-state index contributed by atoms with van der Waals surface area (Å²) in [5.41, 5.74) is 2.91. The molecule has 0 spiro atoms. The van der Waals surface area contributed by atoms with Crippen molar-refractivity contribution in [3.05, 3.63) is 22.5 Å². The zero-order valence-corrected chi connectivity index (χ0v) is 14.1. The summed E-state index contributed by atoms with van der Waals surface area (Å²) in [4.78, 5) is 40.8. The predicted octanol–water partition coefficient (Wildman–Crippen LogP) is 2.56. The lowest BCUT2D eigenvalue weighted by Gasteiger charge is -2.32. The number of fused-ring (bicyclic) bond motifs is 1. The maximum absolute atomic E-state index is 12.9. The van der Waals surface area contributed by atoms with E-state index in [1.54, 1.807) is 0 Å². The number of piperidine rings is 1. The standard InChI is InChI=1S/C18H24N2O4/c1-11-16-13(5-2-6-14(16)21)19-17(11)18(24)20-9-3-4-12(10-20)7-8-15(22)23/h12,19H,2-10H2,1H3,(H,22,23). The van der Waals surface area contributed by atoms with Crippen molar-refractivity contribution in [1.29, 1.82) is 0 Å². The molecule has 1 aliphatic heterocycles. The smallest absolute Gasteiger partial charge is 0.303 e. The molecule has 6 heteroatoms. The molecule has 1 unspecified atom stereocenters. The van der Waals surface area contributed by atoms with Crippen molar-refractivity contribution in [2.24, 2.45) is 5.92 Å². The van der Waals surface area contributed by atoms with Crippen molar-refractivity contribution >= 4 is 17.7 Å². The van der Waals surface area contributed by atoms with E-state index in [1.165, 1.54) is 0 Å². The van der Waals surface area contributed by atoms with Gasteiger partial charge in [-0.1, -0.05) is 0 Å². The van der Waals surface area contributed by atoms with Gasteiger partial charge in [-0.05, 0) is 50.5 Å². The van der Waals surface area contributed by atoms with Crippen molar-refractivity contribution in [3.8, 4) is 0 Å². The van der Waals surface area contributed by atoms with Gasteiger partial charge in [0.2, 0.25) is 0 Å². The fraction of sp³-hybridized carbons (Fsp3) is 0.611. The van der Waals surface area contributed by atoms with Crippen LogP contribution in [0.4, 0.5) is 0 Å². The van der Waals surface area contributed by atoms with Gasteiger partial charge >= 0.3 is 5.97 Å². The van der Waals surface area contributed by atoms with Crippen LogP contribution in [0.15, 0.2) is 0 Å². The number of aliphatic carboxylic acids is 1. The van der Waals surface area contributed by atoms with Crippen molar-refractivity contribution < 1.29 is 19.5 Å². The van der Waals surface area contributed by atoms with Gasteiger partial charge in [0.15, 0.2) is 5.78 Å². The Balaban J connectivity index is 1.74. The van der Waals surface area contributed by atoms with Crippen LogP contribution in [0.2, 0.25) is 0 Å². The van der Waals surface area contributed by atoms with E-state index in [1.807, 2.05) is 11.8 Å². The molecule has 1 aromatic rings. The highest BCUT2D eigenvalue weighted by Crippen LogP contribution is 2.28. The number of hydrogen-bond donors (Lipinski definition) is 2. The largest absolute Gasteiger partial charge is 0.481 e. The summed E-state index contributed by atoms with van der Waals surface area (Å²) in [5, 5.41) is 8.83. The van der Waals surface area contributed by atoms with E-state index in [0.717, 1.165) is 36.9 Å². The SMILES string of the molecule is Cc1c(C(=O)N2CCCC(CCC(=O)O)C2)[nH]c2c1C(=O)CCC2. The molecule has 1 amide bonds. The molecule has 2 N–H and O–H groups in total. The molecule has 2 heterocycles. The molecule has 2 aliphatic rings. The molecule has 0 radical (unpaired) electrons. The number of carbonyl (C=O) groups excluding carboxylic acids is 2. The molecule has 1 aliphatic carbocycles. The first-order chi connectivity index (χ1) is 11.5. The van der Waals surface area contributed by atoms with Crippen molar-refractivity contribution in [2.45, 2.75) is 51.9 Å². The molecular formula is C18H24N2O4. The second-order valence-corrected chi connectivity index (χ2v) is 6.95. The Morgan fingerprint density at radius 3 is 2.79 bits per heavy atom. The van der Waals surface area contributed by atoms with E-state index in [2.05, 4.69) is 4.98 Å². The molecule has 1 saturated heterocycles. The lowest BCUT2D eigenvalue weighted by molar-refractivity contribution is -0.137. The number of H-pyrrole nitrogens is 1. The summed E-state index contributed by atoms with van der Waals surface area (Å²) in [6.07, 6.45) is 4.83. The Morgan fingerprint density at radius 1 is 1.29 bits per heavy atom.